The Morgan fingerprint density at radius 2 is 2.04 bits per heavy atom. The highest BCUT2D eigenvalue weighted by molar-refractivity contribution is 5.38. The normalized spacial score (nSPS) is 21.8. The van der Waals surface area contributed by atoms with Gasteiger partial charge in [0.15, 0.2) is 0 Å². The molecule has 1 aliphatic rings. The van der Waals surface area contributed by atoms with E-state index >= 15 is 0 Å². The van der Waals surface area contributed by atoms with Crippen molar-refractivity contribution in [2.75, 3.05) is 0 Å². The predicted molar refractivity (Wildman–Crippen MR) is 87.1 cm³/mol. The third-order valence-electron chi connectivity index (χ3n) is 4.62. The molecule has 8 heteroatoms. The molecule has 0 bridgehead atoms. The Hall–Kier alpha value is -2.64. The summed E-state index contributed by atoms with van der Waals surface area (Å²) in [5.74, 6) is -0.0984. The lowest BCUT2D eigenvalue weighted by atomic mass is 9.86. The molecule has 2 aromatic rings. The Labute approximate surface area is 139 Å². The van der Waals surface area contributed by atoms with Crippen molar-refractivity contribution < 1.29 is 10.1 Å². The van der Waals surface area contributed by atoms with Crippen LogP contribution in [0.25, 0.3) is 5.69 Å². The topological polar surface area (TPSA) is 98.5 Å². The third-order valence-corrected chi connectivity index (χ3v) is 4.62. The maximum absolute atomic E-state index is 11.4. The van der Waals surface area contributed by atoms with Crippen molar-refractivity contribution in [1.82, 2.24) is 14.7 Å². The van der Waals surface area contributed by atoms with Crippen molar-refractivity contribution in [3.8, 4) is 5.69 Å². The van der Waals surface area contributed by atoms with Gasteiger partial charge in [0.25, 0.3) is 5.49 Å². The van der Waals surface area contributed by atoms with E-state index in [4.69, 9.17) is 0 Å². The van der Waals surface area contributed by atoms with Gasteiger partial charge in [-0.3, -0.25) is 4.99 Å². The fourth-order valence-corrected chi connectivity index (χ4v) is 3.17. The zero-order chi connectivity index (χ0) is 17.3. The third kappa shape index (κ3) is 2.91. The molecule has 0 radical (unpaired) electrons. The lowest BCUT2D eigenvalue weighted by molar-refractivity contribution is -0.391. The highest BCUT2D eigenvalue weighted by atomic mass is 16.6. The van der Waals surface area contributed by atoms with Gasteiger partial charge in [-0.25, -0.2) is 0 Å². The van der Waals surface area contributed by atoms with Gasteiger partial charge in [0, 0.05) is 0 Å². The summed E-state index contributed by atoms with van der Waals surface area (Å²) in [6.45, 7) is 3.94. The number of hydrogen-bond acceptors (Lipinski definition) is 5. The van der Waals surface area contributed by atoms with Crippen molar-refractivity contribution in [3.05, 3.63) is 45.4 Å². The van der Waals surface area contributed by atoms with Crippen LogP contribution in [-0.4, -0.2) is 30.9 Å². The molecule has 1 N–H and O–H groups in total. The Morgan fingerprint density at radius 3 is 2.71 bits per heavy atom. The van der Waals surface area contributed by atoms with Gasteiger partial charge in [0.05, 0.1) is 11.1 Å². The molecule has 1 aliphatic carbocycles. The van der Waals surface area contributed by atoms with Crippen LogP contribution in [0.4, 0.5) is 5.82 Å². The Kier molecular flexibility index (Phi) is 4.37. The Morgan fingerprint density at radius 1 is 1.33 bits per heavy atom. The first kappa shape index (κ1) is 16.2. The van der Waals surface area contributed by atoms with E-state index in [1.807, 2.05) is 19.1 Å². The maximum atomic E-state index is 11.4. The van der Waals surface area contributed by atoms with Crippen molar-refractivity contribution in [1.29, 1.82) is 0 Å². The molecule has 8 nitrogen and oxygen atoms in total. The van der Waals surface area contributed by atoms with Crippen LogP contribution in [0.2, 0.25) is 0 Å². The van der Waals surface area contributed by atoms with E-state index in [1.54, 1.807) is 12.1 Å². The zero-order valence-electron chi connectivity index (χ0n) is 13.8. The summed E-state index contributed by atoms with van der Waals surface area (Å²) >= 11 is 0. The monoisotopic (exact) mass is 331 g/mol. The van der Waals surface area contributed by atoms with Gasteiger partial charge < -0.3 is 15.3 Å². The highest BCUT2D eigenvalue weighted by Crippen LogP contribution is 2.26. The average Bonchev–Trinajstić information content (AvgIpc) is 2.87. The molecule has 24 heavy (non-hydrogen) atoms. The lowest BCUT2D eigenvalue weighted by Crippen LogP contribution is -2.28. The van der Waals surface area contributed by atoms with E-state index in [0.29, 0.717) is 16.5 Å². The molecular formula is C16H21N5O3. The van der Waals surface area contributed by atoms with Gasteiger partial charge in [-0.1, -0.05) is 42.8 Å². The second-order valence-corrected chi connectivity index (χ2v) is 6.33. The van der Waals surface area contributed by atoms with E-state index in [9.17, 15) is 15.3 Å². The molecule has 1 fully saturated rings. The lowest BCUT2D eigenvalue weighted by Gasteiger charge is -2.24. The molecule has 1 heterocycles. The summed E-state index contributed by atoms with van der Waals surface area (Å²) in [6, 6.07) is 7.20. The SMILES string of the molecule is Cc1ccccc1-n1nc([N+](=O)[O-])c(=N[C@H]2CCCC[C@@H]2C)n1O. The molecule has 0 saturated heterocycles. The predicted octanol–water partition coefficient (Wildman–Crippen LogP) is 2.61. The largest absolute Gasteiger partial charge is 0.438 e. The highest BCUT2D eigenvalue weighted by Gasteiger charge is 2.27. The van der Waals surface area contributed by atoms with Crippen LogP contribution >= 0.6 is 0 Å². The van der Waals surface area contributed by atoms with Gasteiger partial charge in [0.1, 0.15) is 5.69 Å². The number of para-hydroxylation sites is 1. The van der Waals surface area contributed by atoms with Gasteiger partial charge in [-0.05, 0) is 47.0 Å². The van der Waals surface area contributed by atoms with E-state index in [1.165, 1.54) is 0 Å². The number of nitrogens with zero attached hydrogens (tertiary/aromatic N) is 5. The van der Waals surface area contributed by atoms with Crippen LogP contribution in [0.3, 0.4) is 0 Å². The maximum Gasteiger partial charge on any atom is 0.438 e. The number of nitro groups is 1. The van der Waals surface area contributed by atoms with Gasteiger partial charge in [0.2, 0.25) is 0 Å². The van der Waals surface area contributed by atoms with Crippen LogP contribution < -0.4 is 5.49 Å². The molecule has 2 atom stereocenters. The van der Waals surface area contributed by atoms with E-state index in [0.717, 1.165) is 36.0 Å². The number of hydrogen-bond donors (Lipinski definition) is 1. The van der Waals surface area contributed by atoms with Crippen LogP contribution in [0.5, 0.6) is 0 Å². The molecule has 1 saturated carbocycles. The minimum Gasteiger partial charge on any atom is -0.409 e. The fourth-order valence-electron chi connectivity index (χ4n) is 3.17. The molecule has 3 rings (SSSR count). The fraction of sp³-hybridized carbons (Fsp3) is 0.500. The molecular weight excluding hydrogens is 310 g/mol. The summed E-state index contributed by atoms with van der Waals surface area (Å²) in [4.78, 5) is 17.1. The number of aryl methyl sites for hydroxylation is 1. The van der Waals surface area contributed by atoms with Crippen molar-refractivity contribution in [3.63, 3.8) is 0 Å². The van der Waals surface area contributed by atoms with Gasteiger partial charge >= 0.3 is 5.82 Å². The minimum absolute atomic E-state index is 0.0367. The summed E-state index contributed by atoms with van der Waals surface area (Å²) in [5, 5.41) is 25.8. The first-order valence-electron chi connectivity index (χ1n) is 8.15. The first-order chi connectivity index (χ1) is 11.5. The van der Waals surface area contributed by atoms with Crippen LogP contribution in [0.15, 0.2) is 29.3 Å². The van der Waals surface area contributed by atoms with Crippen LogP contribution in [-0.2, 0) is 0 Å². The van der Waals surface area contributed by atoms with Crippen LogP contribution in [0, 0.1) is 23.0 Å². The van der Waals surface area contributed by atoms with Gasteiger partial charge in [-0.2, -0.15) is 0 Å². The quantitative estimate of drug-likeness (QED) is 0.531. The molecule has 0 unspecified atom stereocenters. The first-order valence-corrected chi connectivity index (χ1v) is 8.15. The van der Waals surface area contributed by atoms with Crippen molar-refractivity contribution in [2.24, 2.45) is 10.9 Å². The molecule has 0 spiro atoms. The van der Waals surface area contributed by atoms with E-state index in [-0.39, 0.29) is 11.5 Å². The second kappa shape index (κ2) is 6.46. The second-order valence-electron chi connectivity index (χ2n) is 6.33. The molecule has 1 aromatic carbocycles. The zero-order valence-corrected chi connectivity index (χ0v) is 13.8. The Balaban J connectivity index is 2.15. The summed E-state index contributed by atoms with van der Waals surface area (Å²) in [7, 11) is 0. The van der Waals surface area contributed by atoms with E-state index < -0.39 is 10.7 Å². The van der Waals surface area contributed by atoms with Crippen molar-refractivity contribution >= 4 is 5.82 Å². The van der Waals surface area contributed by atoms with Crippen molar-refractivity contribution in [2.45, 2.75) is 45.6 Å². The average molecular weight is 331 g/mol. The molecule has 1 aromatic heterocycles. The van der Waals surface area contributed by atoms with Gasteiger partial charge in [-0.15, -0.1) is 0 Å². The summed E-state index contributed by atoms with van der Waals surface area (Å²) in [5.41, 5.74) is 1.32. The smallest absolute Gasteiger partial charge is 0.409 e. The molecule has 0 aliphatic heterocycles. The number of rotatable bonds is 3. The minimum atomic E-state index is -0.603. The summed E-state index contributed by atoms with van der Waals surface area (Å²) in [6.07, 6.45) is 4.10. The summed E-state index contributed by atoms with van der Waals surface area (Å²) < 4.78 is 0. The Bertz CT molecular complexity index is 823. The van der Waals surface area contributed by atoms with E-state index in [2.05, 4.69) is 17.0 Å². The molecule has 0 amide bonds. The number of aromatic nitrogens is 3. The standard InChI is InChI=1S/C16H21N5O3/c1-11-7-3-5-9-13(11)17-15-16(21(23)24)18-19(20(15)22)14-10-6-4-8-12(14)2/h4,6,8,10-11,13,22H,3,5,7,9H2,1-2H3/t11-,13-/m0/s1. The van der Waals surface area contributed by atoms with Crippen LogP contribution in [0.1, 0.15) is 38.2 Å². The molecule has 128 valence electrons. The number of benzene rings is 1.